The van der Waals surface area contributed by atoms with Crippen LogP contribution in [0.2, 0.25) is 0 Å². The Morgan fingerprint density at radius 3 is 2.48 bits per heavy atom. The van der Waals surface area contributed by atoms with Crippen molar-refractivity contribution in [3.05, 3.63) is 59.5 Å². The van der Waals surface area contributed by atoms with Crippen LogP contribution >= 0.6 is 0 Å². The van der Waals surface area contributed by atoms with Crippen molar-refractivity contribution in [2.75, 3.05) is 73.5 Å². The monoisotopic (exact) mass is 865 g/mol. The number of likely N-dealkylation sites (tertiary alicyclic amines) is 1. The number of piperidine rings is 2. The summed E-state index contributed by atoms with van der Waals surface area (Å²) < 4.78 is 21.0. The average molecular weight is 866 g/mol. The van der Waals surface area contributed by atoms with Crippen molar-refractivity contribution in [1.29, 1.82) is 0 Å². The number of carbonyl (C=O) groups is 4. The van der Waals surface area contributed by atoms with Gasteiger partial charge in [0.2, 0.25) is 23.7 Å². The minimum Gasteiger partial charge on any atom is -0.495 e. The molecule has 1 aromatic heterocycles. The number of anilines is 5. The van der Waals surface area contributed by atoms with Crippen molar-refractivity contribution in [3.8, 4) is 5.75 Å². The van der Waals surface area contributed by atoms with E-state index in [0.29, 0.717) is 65.1 Å². The van der Waals surface area contributed by atoms with Crippen molar-refractivity contribution < 1.29 is 33.4 Å². The molecule has 2 aromatic carbocycles. The zero-order chi connectivity index (χ0) is 44.0. The number of aliphatic hydroxyl groups is 1. The fourth-order valence-electron chi connectivity index (χ4n) is 11.6. The maximum Gasteiger partial charge on any atom is 0.251 e. The van der Waals surface area contributed by atoms with E-state index in [2.05, 4.69) is 35.6 Å². The number of hydrogen-bond acceptors (Lipinski definition) is 12. The molecule has 2 atom stereocenters. The molecule has 0 radical (unpaired) electrons. The first-order valence-electron chi connectivity index (χ1n) is 22.8. The van der Waals surface area contributed by atoms with Gasteiger partial charge >= 0.3 is 0 Å². The zero-order valence-electron chi connectivity index (χ0n) is 36.6. The molecule has 4 aliphatic heterocycles. The van der Waals surface area contributed by atoms with E-state index in [0.717, 1.165) is 89.9 Å². The molecule has 5 heterocycles. The number of carbonyl (C=O) groups excluding carboxylic acids is 4. The number of aromatic nitrogens is 2. The maximum absolute atomic E-state index is 15.2. The van der Waals surface area contributed by atoms with Crippen LogP contribution in [0.25, 0.3) is 0 Å². The van der Waals surface area contributed by atoms with E-state index < -0.39 is 11.5 Å². The van der Waals surface area contributed by atoms with Crippen LogP contribution in [0.15, 0.2) is 42.6 Å². The van der Waals surface area contributed by atoms with Gasteiger partial charge in [-0.3, -0.25) is 24.5 Å². The minimum atomic E-state index is -0.507. The smallest absolute Gasteiger partial charge is 0.251 e. The van der Waals surface area contributed by atoms with E-state index in [9.17, 15) is 24.3 Å². The third kappa shape index (κ3) is 8.31. The quantitative estimate of drug-likeness (QED) is 0.165. The third-order valence-electron chi connectivity index (χ3n) is 14.9. The first-order valence-corrected chi connectivity index (χ1v) is 22.8. The zero-order valence-corrected chi connectivity index (χ0v) is 36.6. The largest absolute Gasteiger partial charge is 0.495 e. The summed E-state index contributed by atoms with van der Waals surface area (Å²) in [7, 11) is 3.34. The number of methoxy groups -OCH3 is 1. The van der Waals surface area contributed by atoms with Gasteiger partial charge < -0.3 is 40.1 Å². The number of nitrogens with zero attached hydrogens (tertiary/aromatic N) is 6. The van der Waals surface area contributed by atoms with Gasteiger partial charge in [0.05, 0.1) is 30.6 Å². The number of fused-ring (bicyclic) bond motifs is 1. The van der Waals surface area contributed by atoms with Gasteiger partial charge in [-0.05, 0) is 112 Å². The van der Waals surface area contributed by atoms with E-state index in [1.807, 2.05) is 6.92 Å². The molecule has 63 heavy (non-hydrogen) atoms. The Labute approximate surface area is 368 Å². The van der Waals surface area contributed by atoms with Gasteiger partial charge in [-0.25, -0.2) is 9.37 Å². The van der Waals surface area contributed by atoms with Crippen LogP contribution < -0.4 is 35.4 Å². The number of aliphatic hydroxyl groups excluding tert-OH is 1. The summed E-state index contributed by atoms with van der Waals surface area (Å²) in [6.45, 7) is 6.43. The van der Waals surface area contributed by atoms with E-state index in [1.165, 1.54) is 6.07 Å². The predicted octanol–water partition coefficient (Wildman–Crippen LogP) is 5.26. The van der Waals surface area contributed by atoms with E-state index in [4.69, 9.17) is 9.72 Å². The molecule has 0 bridgehead atoms. The maximum atomic E-state index is 15.2. The molecule has 2 saturated carbocycles. The van der Waals surface area contributed by atoms with E-state index in [-0.39, 0.29) is 60.0 Å². The van der Waals surface area contributed by atoms with Gasteiger partial charge in [0, 0.05) is 62.8 Å². The van der Waals surface area contributed by atoms with Crippen LogP contribution in [-0.4, -0.2) is 115 Å². The highest BCUT2D eigenvalue weighted by molar-refractivity contribution is 6.04. The first-order chi connectivity index (χ1) is 30.4. The van der Waals surface area contributed by atoms with Crippen molar-refractivity contribution in [2.45, 2.75) is 108 Å². The second-order valence-electron chi connectivity index (χ2n) is 19.0. The first kappa shape index (κ1) is 42.9. The number of rotatable bonds is 13. The number of hydrogen-bond donors (Lipinski definition) is 4. The summed E-state index contributed by atoms with van der Waals surface area (Å²) in [4.78, 5) is 69.0. The summed E-state index contributed by atoms with van der Waals surface area (Å²) >= 11 is 0. The average Bonchev–Trinajstić information content (AvgIpc) is 3.78. The number of ether oxygens (including phenoxy) is 1. The standard InChI is InChI=1S/C47H60FN9O6/c1-4-36-44(62)54(2)38-23-49-45(52-41(38)57(36)32-7-5-6-8-32)50-35-12-9-31(22-39(35)63-3)42(60)53-47(17-20-58)27-46(28-47)15-18-55(19-16-46)24-29-25-56(26-29)37-13-10-30(21-34(37)48)33-11-14-40(59)51-43(33)61/h9-10,12-13,21-23,29,32-33,36,58H,4-8,11,14-20,24-28H2,1-3H3,(H,53,60)(H,49,50,52)(H,51,59,61)/t33?,36-/m1/s1. The molecule has 15 nitrogen and oxygen atoms in total. The van der Waals surface area contributed by atoms with Gasteiger partial charge in [0.1, 0.15) is 23.3 Å². The highest BCUT2D eigenvalue weighted by Crippen LogP contribution is 2.56. The molecule has 9 rings (SSSR count). The second-order valence-corrected chi connectivity index (χ2v) is 19.0. The minimum absolute atomic E-state index is 0.0189. The molecule has 6 aliphatic rings. The van der Waals surface area contributed by atoms with Crippen LogP contribution in [0.4, 0.5) is 33.2 Å². The van der Waals surface area contributed by atoms with Gasteiger partial charge in [-0.2, -0.15) is 4.98 Å². The molecular formula is C47H60FN9O6. The molecule has 3 saturated heterocycles. The second kappa shape index (κ2) is 17.3. The van der Waals surface area contributed by atoms with Crippen LogP contribution in [0.3, 0.4) is 0 Å². The molecule has 5 fully saturated rings. The lowest BCUT2D eigenvalue weighted by Crippen LogP contribution is -2.64. The van der Waals surface area contributed by atoms with Crippen LogP contribution in [0.5, 0.6) is 5.75 Å². The summed E-state index contributed by atoms with van der Waals surface area (Å²) in [5.41, 5.74) is 2.53. The Kier molecular flexibility index (Phi) is 11.8. The van der Waals surface area contributed by atoms with Gasteiger partial charge in [0.25, 0.3) is 5.91 Å². The lowest BCUT2D eigenvalue weighted by atomic mass is 9.52. The SMILES string of the molecule is CC[C@@H]1C(=O)N(C)c2cnc(Nc3ccc(C(=O)NC4(CCO)CC5(CCN(CC6CN(c7ccc(C8CCC(=O)NC8=O)cc7F)C6)CC5)C4)cc3OC)nc2N1C1CCCC1. The Morgan fingerprint density at radius 2 is 1.79 bits per heavy atom. The molecule has 4 N–H and O–H groups in total. The van der Waals surface area contributed by atoms with Crippen LogP contribution in [0, 0.1) is 17.2 Å². The molecule has 3 aromatic rings. The molecular weight excluding hydrogens is 806 g/mol. The normalized spacial score (nSPS) is 23.6. The number of halogens is 1. The lowest BCUT2D eigenvalue weighted by molar-refractivity contribution is -0.134. The Bertz CT molecular complexity index is 2250. The number of likely N-dealkylation sites (N-methyl/N-ethyl adjacent to an activating group) is 1. The summed E-state index contributed by atoms with van der Waals surface area (Å²) in [6.07, 6.45) is 11.5. The van der Waals surface area contributed by atoms with Crippen molar-refractivity contribution in [2.24, 2.45) is 11.3 Å². The summed E-state index contributed by atoms with van der Waals surface area (Å²) in [5.74, 6) is 0.370. The highest BCUT2D eigenvalue weighted by atomic mass is 19.1. The molecule has 336 valence electrons. The summed E-state index contributed by atoms with van der Waals surface area (Å²) in [5, 5.41) is 19.1. The molecule has 2 aliphatic carbocycles. The fraction of sp³-hybridized carbons (Fsp3) is 0.574. The third-order valence-corrected chi connectivity index (χ3v) is 14.9. The highest BCUT2D eigenvalue weighted by Gasteiger charge is 2.55. The number of nitrogens with one attached hydrogen (secondary N) is 3. The van der Waals surface area contributed by atoms with Crippen molar-refractivity contribution in [1.82, 2.24) is 25.5 Å². The number of amides is 4. The predicted molar refractivity (Wildman–Crippen MR) is 237 cm³/mol. The molecule has 1 unspecified atom stereocenters. The lowest BCUT2D eigenvalue weighted by Gasteiger charge is -2.59. The van der Waals surface area contributed by atoms with E-state index >= 15 is 4.39 Å². The molecule has 4 amide bonds. The Hall–Kier alpha value is -5.35. The van der Waals surface area contributed by atoms with Crippen molar-refractivity contribution >= 4 is 52.5 Å². The molecule has 16 heteroatoms. The van der Waals surface area contributed by atoms with Crippen LogP contribution in [-0.2, 0) is 14.4 Å². The van der Waals surface area contributed by atoms with Gasteiger partial charge in [0.15, 0.2) is 5.82 Å². The topological polar surface area (TPSA) is 173 Å². The summed E-state index contributed by atoms with van der Waals surface area (Å²) in [6, 6.07) is 10.3. The fourth-order valence-corrected chi connectivity index (χ4v) is 11.6. The Balaban J connectivity index is 0.780. The van der Waals surface area contributed by atoms with Crippen LogP contribution in [0.1, 0.15) is 106 Å². The number of imide groups is 1. The number of benzene rings is 2. The molecule has 1 spiro atoms. The Morgan fingerprint density at radius 1 is 1.03 bits per heavy atom. The van der Waals surface area contributed by atoms with E-state index in [1.54, 1.807) is 55.6 Å². The van der Waals surface area contributed by atoms with Gasteiger partial charge in [-0.15, -0.1) is 0 Å². The van der Waals surface area contributed by atoms with Crippen molar-refractivity contribution in [3.63, 3.8) is 0 Å². The van der Waals surface area contributed by atoms with Gasteiger partial charge in [-0.1, -0.05) is 25.8 Å².